The zero-order chi connectivity index (χ0) is 13.1. The molecule has 0 heterocycles. The highest BCUT2D eigenvalue weighted by Crippen LogP contribution is 2.20. The SMILES string of the molecule is CCC(C)(CO)NC(=O)c1cc(N)ccc1Br. The number of carbonyl (C=O) groups excluding carboxylic acids is 1. The third-order valence-corrected chi connectivity index (χ3v) is 3.47. The second kappa shape index (κ2) is 5.51. The first-order valence-electron chi connectivity index (χ1n) is 5.40. The molecule has 1 aromatic carbocycles. The lowest BCUT2D eigenvalue weighted by atomic mass is 9.99. The van der Waals surface area contributed by atoms with Crippen molar-refractivity contribution in [1.82, 2.24) is 5.32 Å². The molecule has 1 unspecified atom stereocenters. The van der Waals surface area contributed by atoms with Gasteiger partial charge < -0.3 is 16.2 Å². The standard InChI is InChI=1S/C12H17BrN2O2/c1-3-12(2,7-16)15-11(17)9-6-8(14)4-5-10(9)13/h4-6,16H,3,7,14H2,1-2H3,(H,15,17). The van der Waals surface area contributed by atoms with Gasteiger partial charge in [0.1, 0.15) is 0 Å². The van der Waals surface area contributed by atoms with Crippen LogP contribution in [0.2, 0.25) is 0 Å². The van der Waals surface area contributed by atoms with Crippen LogP contribution in [0.15, 0.2) is 22.7 Å². The normalized spacial score (nSPS) is 14.1. The number of nitrogens with two attached hydrogens (primary N) is 1. The van der Waals surface area contributed by atoms with Crippen LogP contribution in [0.5, 0.6) is 0 Å². The maximum atomic E-state index is 12.0. The summed E-state index contributed by atoms with van der Waals surface area (Å²) < 4.78 is 0.681. The quantitative estimate of drug-likeness (QED) is 0.744. The molecule has 94 valence electrons. The predicted molar refractivity (Wildman–Crippen MR) is 71.8 cm³/mol. The average molecular weight is 301 g/mol. The van der Waals surface area contributed by atoms with Gasteiger partial charge in [-0.25, -0.2) is 0 Å². The van der Waals surface area contributed by atoms with Crippen molar-refractivity contribution in [2.45, 2.75) is 25.8 Å². The summed E-state index contributed by atoms with van der Waals surface area (Å²) in [4.78, 5) is 12.0. The lowest BCUT2D eigenvalue weighted by Gasteiger charge is -2.27. The molecule has 5 heteroatoms. The van der Waals surface area contributed by atoms with Crippen LogP contribution in [0.4, 0.5) is 5.69 Å². The fraction of sp³-hybridized carbons (Fsp3) is 0.417. The number of anilines is 1. The van der Waals surface area contributed by atoms with Crippen LogP contribution in [0.1, 0.15) is 30.6 Å². The topological polar surface area (TPSA) is 75.3 Å². The van der Waals surface area contributed by atoms with Gasteiger partial charge >= 0.3 is 0 Å². The van der Waals surface area contributed by atoms with E-state index >= 15 is 0 Å². The summed E-state index contributed by atoms with van der Waals surface area (Å²) in [6.07, 6.45) is 0.648. The van der Waals surface area contributed by atoms with Crippen molar-refractivity contribution in [2.24, 2.45) is 0 Å². The Morgan fingerprint density at radius 2 is 2.24 bits per heavy atom. The second-order valence-corrected chi connectivity index (χ2v) is 5.12. The fourth-order valence-corrected chi connectivity index (χ4v) is 1.72. The molecule has 0 aliphatic rings. The largest absolute Gasteiger partial charge is 0.399 e. The minimum atomic E-state index is -0.610. The highest BCUT2D eigenvalue weighted by atomic mass is 79.9. The molecule has 0 aliphatic heterocycles. The van der Waals surface area contributed by atoms with Gasteiger partial charge in [0, 0.05) is 10.2 Å². The number of rotatable bonds is 4. The van der Waals surface area contributed by atoms with Crippen LogP contribution < -0.4 is 11.1 Å². The molecule has 0 radical (unpaired) electrons. The Labute approximate surface area is 109 Å². The van der Waals surface area contributed by atoms with Gasteiger partial charge in [-0.05, 0) is 47.5 Å². The zero-order valence-electron chi connectivity index (χ0n) is 9.96. The fourth-order valence-electron chi connectivity index (χ4n) is 1.30. The molecule has 1 aromatic rings. The third kappa shape index (κ3) is 3.44. The van der Waals surface area contributed by atoms with Crippen molar-refractivity contribution in [3.63, 3.8) is 0 Å². The van der Waals surface area contributed by atoms with Gasteiger partial charge in [0.05, 0.1) is 17.7 Å². The molecule has 17 heavy (non-hydrogen) atoms. The molecule has 4 nitrogen and oxygen atoms in total. The molecular weight excluding hydrogens is 284 g/mol. The summed E-state index contributed by atoms with van der Waals surface area (Å²) in [7, 11) is 0. The smallest absolute Gasteiger partial charge is 0.253 e. The van der Waals surface area contributed by atoms with Gasteiger partial charge in [-0.1, -0.05) is 6.92 Å². The molecule has 0 saturated carbocycles. The van der Waals surface area contributed by atoms with Gasteiger partial charge in [-0.15, -0.1) is 0 Å². The van der Waals surface area contributed by atoms with Gasteiger partial charge in [0.15, 0.2) is 0 Å². The van der Waals surface area contributed by atoms with E-state index in [0.29, 0.717) is 22.1 Å². The molecule has 1 atom stereocenters. The Bertz CT molecular complexity index is 417. The number of benzene rings is 1. The Morgan fingerprint density at radius 3 is 2.76 bits per heavy atom. The van der Waals surface area contributed by atoms with E-state index in [1.165, 1.54) is 0 Å². The van der Waals surface area contributed by atoms with E-state index in [4.69, 9.17) is 5.73 Å². The number of aliphatic hydroxyl groups is 1. The summed E-state index contributed by atoms with van der Waals surface area (Å²) in [5, 5.41) is 12.1. The number of nitrogen functional groups attached to an aromatic ring is 1. The van der Waals surface area contributed by atoms with E-state index < -0.39 is 5.54 Å². The molecule has 0 saturated heterocycles. The highest BCUT2D eigenvalue weighted by molar-refractivity contribution is 9.10. The van der Waals surface area contributed by atoms with Crippen molar-refractivity contribution in [2.75, 3.05) is 12.3 Å². The van der Waals surface area contributed by atoms with E-state index in [1.807, 2.05) is 6.92 Å². The van der Waals surface area contributed by atoms with E-state index in [0.717, 1.165) is 0 Å². The second-order valence-electron chi connectivity index (χ2n) is 4.27. The maximum Gasteiger partial charge on any atom is 0.253 e. The van der Waals surface area contributed by atoms with E-state index in [-0.39, 0.29) is 12.5 Å². The number of nitrogens with one attached hydrogen (secondary N) is 1. The van der Waals surface area contributed by atoms with Crippen LogP contribution in [0.3, 0.4) is 0 Å². The van der Waals surface area contributed by atoms with Crippen LogP contribution in [0.25, 0.3) is 0 Å². The first-order valence-corrected chi connectivity index (χ1v) is 6.19. The number of amides is 1. The number of halogens is 1. The first kappa shape index (κ1) is 14.0. The molecule has 0 fully saturated rings. The van der Waals surface area contributed by atoms with Gasteiger partial charge in [0.2, 0.25) is 0 Å². The first-order chi connectivity index (χ1) is 7.91. The van der Waals surface area contributed by atoms with Gasteiger partial charge in [-0.2, -0.15) is 0 Å². The molecule has 1 rings (SSSR count). The molecule has 1 amide bonds. The average Bonchev–Trinajstić information content (AvgIpc) is 2.32. The molecule has 0 aromatic heterocycles. The lowest BCUT2D eigenvalue weighted by molar-refractivity contribution is 0.0846. The Hall–Kier alpha value is -1.07. The molecule has 0 aliphatic carbocycles. The van der Waals surface area contributed by atoms with Gasteiger partial charge in [-0.3, -0.25) is 4.79 Å². The van der Waals surface area contributed by atoms with Crippen LogP contribution in [0, 0.1) is 0 Å². The summed E-state index contributed by atoms with van der Waals surface area (Å²) >= 11 is 3.30. The highest BCUT2D eigenvalue weighted by Gasteiger charge is 2.24. The molecular formula is C12H17BrN2O2. The minimum absolute atomic E-state index is 0.102. The lowest BCUT2D eigenvalue weighted by Crippen LogP contribution is -2.48. The summed E-state index contributed by atoms with van der Waals surface area (Å²) in [6, 6.07) is 5.05. The van der Waals surface area contributed by atoms with Crippen LogP contribution in [-0.4, -0.2) is 23.2 Å². The molecule has 4 N–H and O–H groups in total. The summed E-state index contributed by atoms with van der Waals surface area (Å²) in [5.41, 5.74) is 6.03. The number of aliphatic hydroxyl groups excluding tert-OH is 1. The van der Waals surface area contributed by atoms with Gasteiger partial charge in [0.25, 0.3) is 5.91 Å². The third-order valence-electron chi connectivity index (χ3n) is 2.78. The monoisotopic (exact) mass is 300 g/mol. The number of hydrogen-bond donors (Lipinski definition) is 3. The van der Waals surface area contributed by atoms with Crippen molar-refractivity contribution in [3.05, 3.63) is 28.2 Å². The zero-order valence-corrected chi connectivity index (χ0v) is 11.5. The molecule has 0 spiro atoms. The van der Waals surface area contributed by atoms with E-state index in [2.05, 4.69) is 21.2 Å². The Morgan fingerprint density at radius 1 is 1.59 bits per heavy atom. The van der Waals surface area contributed by atoms with Crippen molar-refractivity contribution in [1.29, 1.82) is 0 Å². The van der Waals surface area contributed by atoms with Crippen molar-refractivity contribution >= 4 is 27.5 Å². The number of hydrogen-bond acceptors (Lipinski definition) is 3. The van der Waals surface area contributed by atoms with Crippen LogP contribution >= 0.6 is 15.9 Å². The Kier molecular flexibility index (Phi) is 4.54. The number of carbonyl (C=O) groups is 1. The predicted octanol–water partition coefficient (Wildman–Crippen LogP) is 1.92. The Balaban J connectivity index is 2.94. The van der Waals surface area contributed by atoms with Crippen molar-refractivity contribution in [3.8, 4) is 0 Å². The summed E-state index contributed by atoms with van der Waals surface area (Å²) in [5.74, 6) is -0.248. The summed E-state index contributed by atoms with van der Waals surface area (Å²) in [6.45, 7) is 3.60. The van der Waals surface area contributed by atoms with E-state index in [9.17, 15) is 9.90 Å². The van der Waals surface area contributed by atoms with E-state index in [1.54, 1.807) is 25.1 Å². The maximum absolute atomic E-state index is 12.0. The van der Waals surface area contributed by atoms with Crippen LogP contribution in [-0.2, 0) is 0 Å². The molecule has 0 bridgehead atoms. The minimum Gasteiger partial charge on any atom is -0.399 e. The van der Waals surface area contributed by atoms with Crippen molar-refractivity contribution < 1.29 is 9.90 Å².